The van der Waals surface area contributed by atoms with Gasteiger partial charge in [0.15, 0.2) is 5.13 Å². The number of hydrogen-bond donors (Lipinski definition) is 1. The normalized spacial score (nSPS) is 16.8. The van der Waals surface area contributed by atoms with Gasteiger partial charge in [0.2, 0.25) is 5.91 Å². The molecular formula is C22H24BrN3O2S. The van der Waals surface area contributed by atoms with Gasteiger partial charge < -0.3 is 15.0 Å². The van der Waals surface area contributed by atoms with Crippen LogP contribution >= 0.6 is 27.3 Å². The number of nitrogens with zero attached hydrogens (tertiary/aromatic N) is 2. The van der Waals surface area contributed by atoms with Gasteiger partial charge in [-0.1, -0.05) is 27.3 Å². The molecule has 1 saturated heterocycles. The molecule has 29 heavy (non-hydrogen) atoms. The quantitative estimate of drug-likeness (QED) is 0.522. The molecule has 4 rings (SSSR count). The zero-order valence-electron chi connectivity index (χ0n) is 16.6. The van der Waals surface area contributed by atoms with Crippen LogP contribution in [-0.2, 0) is 4.79 Å². The van der Waals surface area contributed by atoms with E-state index in [9.17, 15) is 4.79 Å². The second-order valence-electron chi connectivity index (χ2n) is 7.30. The molecule has 1 aliphatic rings. The summed E-state index contributed by atoms with van der Waals surface area (Å²) >= 11 is 5.16. The van der Waals surface area contributed by atoms with Gasteiger partial charge in [0.25, 0.3) is 0 Å². The van der Waals surface area contributed by atoms with Crippen LogP contribution in [0.4, 0.5) is 10.8 Å². The molecule has 1 amide bonds. The van der Waals surface area contributed by atoms with Crippen molar-refractivity contribution in [2.75, 3.05) is 29.9 Å². The third-order valence-corrected chi connectivity index (χ3v) is 7.12. The van der Waals surface area contributed by atoms with Gasteiger partial charge in [0, 0.05) is 23.2 Å². The summed E-state index contributed by atoms with van der Waals surface area (Å²) < 4.78 is 7.76. The van der Waals surface area contributed by atoms with E-state index in [2.05, 4.69) is 26.1 Å². The van der Waals surface area contributed by atoms with Crippen molar-refractivity contribution in [3.63, 3.8) is 0 Å². The number of carbonyl (C=O) groups excluding carboxylic acids is 1. The molecule has 0 unspecified atom stereocenters. The summed E-state index contributed by atoms with van der Waals surface area (Å²) in [5.41, 5.74) is 2.93. The Bertz CT molecular complexity index is 1040. The highest BCUT2D eigenvalue weighted by Crippen LogP contribution is 2.34. The molecule has 0 aliphatic carbocycles. The first-order valence-electron chi connectivity index (χ1n) is 9.89. The number of nitrogens with one attached hydrogen (secondary N) is 1. The minimum absolute atomic E-state index is 0.0429. The van der Waals surface area contributed by atoms with Crippen molar-refractivity contribution in [3.05, 3.63) is 46.4 Å². The Morgan fingerprint density at radius 3 is 3.00 bits per heavy atom. The zero-order chi connectivity index (χ0) is 20.4. The maximum Gasteiger partial charge on any atom is 0.229 e. The fourth-order valence-corrected chi connectivity index (χ4v) is 4.89. The van der Waals surface area contributed by atoms with E-state index in [-0.39, 0.29) is 11.8 Å². The van der Waals surface area contributed by atoms with Crippen molar-refractivity contribution in [1.29, 1.82) is 0 Å². The molecule has 0 bridgehead atoms. The van der Waals surface area contributed by atoms with Gasteiger partial charge in [-0.3, -0.25) is 4.79 Å². The minimum Gasteiger partial charge on any atom is -0.494 e. The van der Waals surface area contributed by atoms with Crippen molar-refractivity contribution in [1.82, 2.24) is 4.98 Å². The zero-order valence-corrected chi connectivity index (χ0v) is 19.0. The lowest BCUT2D eigenvalue weighted by Gasteiger charge is -2.31. The van der Waals surface area contributed by atoms with Crippen molar-refractivity contribution in [2.24, 2.45) is 5.92 Å². The average molecular weight is 474 g/mol. The Hall–Kier alpha value is -2.12. The van der Waals surface area contributed by atoms with E-state index >= 15 is 0 Å². The lowest BCUT2D eigenvalue weighted by molar-refractivity contribution is -0.120. The Morgan fingerprint density at radius 2 is 2.21 bits per heavy atom. The number of aryl methyl sites for hydroxylation is 1. The fraction of sp³-hybridized carbons (Fsp3) is 0.364. The molecule has 3 aromatic rings. The predicted octanol–water partition coefficient (Wildman–Crippen LogP) is 5.62. The van der Waals surface area contributed by atoms with Crippen molar-refractivity contribution < 1.29 is 9.53 Å². The first-order chi connectivity index (χ1) is 14.0. The summed E-state index contributed by atoms with van der Waals surface area (Å²) in [4.78, 5) is 19.9. The van der Waals surface area contributed by atoms with Crippen LogP contribution in [0.2, 0.25) is 0 Å². The minimum atomic E-state index is -0.0429. The summed E-state index contributed by atoms with van der Waals surface area (Å²) in [6.07, 6.45) is 1.88. The number of thiazole rings is 1. The first-order valence-corrected chi connectivity index (χ1v) is 11.5. The Labute approximate surface area is 183 Å². The van der Waals surface area contributed by atoms with E-state index in [1.165, 1.54) is 0 Å². The van der Waals surface area contributed by atoms with Crippen LogP contribution in [0, 0.1) is 12.8 Å². The highest BCUT2D eigenvalue weighted by atomic mass is 79.9. The highest BCUT2D eigenvalue weighted by molar-refractivity contribution is 9.10. The third-order valence-electron chi connectivity index (χ3n) is 5.15. The van der Waals surface area contributed by atoms with Crippen LogP contribution in [0.15, 0.2) is 40.9 Å². The summed E-state index contributed by atoms with van der Waals surface area (Å²) in [6.45, 7) is 6.28. The van der Waals surface area contributed by atoms with Crippen LogP contribution in [0.3, 0.4) is 0 Å². The molecule has 5 nitrogen and oxygen atoms in total. The SMILES string of the molecule is CCOc1ccc2nc(N3CCC[C@H](C(=O)Nc4ccc(Br)c(C)c4)C3)sc2c1. The van der Waals surface area contributed by atoms with Crippen molar-refractivity contribution >= 4 is 54.2 Å². The average Bonchev–Trinajstić information content (AvgIpc) is 3.15. The molecule has 1 fully saturated rings. The van der Waals surface area contributed by atoms with E-state index in [1.54, 1.807) is 11.3 Å². The van der Waals surface area contributed by atoms with Crippen LogP contribution in [0.25, 0.3) is 10.2 Å². The summed E-state index contributed by atoms with van der Waals surface area (Å²) in [7, 11) is 0. The number of ether oxygens (including phenoxy) is 1. The van der Waals surface area contributed by atoms with Crippen molar-refractivity contribution in [2.45, 2.75) is 26.7 Å². The molecule has 2 aromatic carbocycles. The molecule has 2 heterocycles. The standard InChI is InChI=1S/C22H24BrN3O2S/c1-3-28-17-7-9-19-20(12-17)29-22(25-19)26-10-4-5-15(13-26)21(27)24-16-6-8-18(23)14(2)11-16/h6-9,11-12,15H,3-5,10,13H2,1-2H3,(H,24,27)/t15-/m0/s1. The number of amides is 1. The maximum absolute atomic E-state index is 12.8. The monoisotopic (exact) mass is 473 g/mol. The number of rotatable bonds is 5. The second kappa shape index (κ2) is 8.71. The molecule has 1 aliphatic heterocycles. The summed E-state index contributed by atoms with van der Waals surface area (Å²) in [6, 6.07) is 11.9. The molecule has 0 spiro atoms. The molecule has 0 saturated carbocycles. The summed E-state index contributed by atoms with van der Waals surface area (Å²) in [5.74, 6) is 0.908. The van der Waals surface area contributed by atoms with Gasteiger partial charge in [-0.05, 0) is 68.7 Å². The maximum atomic E-state index is 12.8. The smallest absolute Gasteiger partial charge is 0.229 e. The highest BCUT2D eigenvalue weighted by Gasteiger charge is 2.27. The van der Waals surface area contributed by atoms with Gasteiger partial charge in [-0.15, -0.1) is 0 Å². The molecule has 1 aromatic heterocycles. The van der Waals surface area contributed by atoms with Gasteiger partial charge >= 0.3 is 0 Å². The number of aromatic nitrogens is 1. The lowest BCUT2D eigenvalue weighted by Crippen LogP contribution is -2.40. The number of benzene rings is 2. The third kappa shape index (κ3) is 4.56. The largest absolute Gasteiger partial charge is 0.494 e. The molecule has 7 heteroatoms. The van der Waals surface area contributed by atoms with Crippen LogP contribution in [-0.4, -0.2) is 30.6 Å². The second-order valence-corrected chi connectivity index (χ2v) is 9.16. The van der Waals surface area contributed by atoms with Gasteiger partial charge in [-0.25, -0.2) is 4.98 Å². The van der Waals surface area contributed by atoms with Crippen LogP contribution in [0.1, 0.15) is 25.3 Å². The number of anilines is 2. The van der Waals surface area contributed by atoms with Gasteiger partial charge in [0.05, 0.1) is 22.7 Å². The fourth-order valence-electron chi connectivity index (χ4n) is 3.62. The van der Waals surface area contributed by atoms with Gasteiger partial charge in [-0.2, -0.15) is 0 Å². The van der Waals surface area contributed by atoms with E-state index in [4.69, 9.17) is 9.72 Å². The number of halogens is 1. The van der Waals surface area contributed by atoms with E-state index in [0.717, 1.165) is 56.2 Å². The molecule has 1 atom stereocenters. The number of piperidine rings is 1. The number of carbonyl (C=O) groups is 1. The molecule has 152 valence electrons. The van der Waals surface area contributed by atoms with E-state index in [1.807, 2.05) is 50.2 Å². The topological polar surface area (TPSA) is 54.5 Å². The van der Waals surface area contributed by atoms with Gasteiger partial charge in [0.1, 0.15) is 5.75 Å². The molecule has 1 N–H and O–H groups in total. The van der Waals surface area contributed by atoms with E-state index < -0.39 is 0 Å². The van der Waals surface area contributed by atoms with Crippen molar-refractivity contribution in [3.8, 4) is 5.75 Å². The molecular weight excluding hydrogens is 450 g/mol. The van der Waals surface area contributed by atoms with E-state index in [0.29, 0.717) is 13.2 Å². The summed E-state index contributed by atoms with van der Waals surface area (Å²) in [5, 5.41) is 4.06. The number of fused-ring (bicyclic) bond motifs is 1. The predicted molar refractivity (Wildman–Crippen MR) is 123 cm³/mol. The first kappa shape index (κ1) is 20.2. The molecule has 0 radical (unpaired) electrons. The van der Waals surface area contributed by atoms with Crippen LogP contribution in [0.5, 0.6) is 5.75 Å². The number of hydrogen-bond acceptors (Lipinski definition) is 5. The lowest BCUT2D eigenvalue weighted by atomic mass is 9.97. The Morgan fingerprint density at radius 1 is 1.34 bits per heavy atom. The van der Waals surface area contributed by atoms with Crippen LogP contribution < -0.4 is 15.0 Å². The Kier molecular flexibility index (Phi) is 6.06. The Balaban J connectivity index is 1.46.